The molecular formula is C8H5F4NO2S. The Hall–Kier alpha value is -1.31. The lowest BCUT2D eigenvalue weighted by Gasteiger charge is -2.08. The summed E-state index contributed by atoms with van der Waals surface area (Å²) in [5.41, 5.74) is -5.47. The first-order valence-electron chi connectivity index (χ1n) is 3.91. The largest absolute Gasteiger partial charge is 0.446 e. The van der Waals surface area contributed by atoms with E-state index in [9.17, 15) is 27.7 Å². The number of hydrogen-bond acceptors (Lipinski definition) is 3. The van der Waals surface area contributed by atoms with Crippen molar-refractivity contribution in [2.45, 2.75) is 17.3 Å². The van der Waals surface area contributed by atoms with E-state index < -0.39 is 38.6 Å². The Morgan fingerprint density at radius 1 is 1.38 bits per heavy atom. The smallest absolute Gasteiger partial charge is 0.258 e. The maximum Gasteiger partial charge on any atom is 0.446 e. The zero-order valence-corrected chi connectivity index (χ0v) is 8.66. The molecule has 0 aliphatic heterocycles. The first-order chi connectivity index (χ1) is 7.20. The van der Waals surface area contributed by atoms with Gasteiger partial charge >= 0.3 is 5.51 Å². The predicted molar refractivity (Wildman–Crippen MR) is 49.7 cm³/mol. The molecule has 3 nitrogen and oxygen atoms in total. The highest BCUT2D eigenvalue weighted by atomic mass is 32.2. The van der Waals surface area contributed by atoms with Crippen molar-refractivity contribution in [1.82, 2.24) is 0 Å². The third-order valence-electron chi connectivity index (χ3n) is 1.72. The van der Waals surface area contributed by atoms with Gasteiger partial charge in [-0.05, 0) is 24.8 Å². The monoisotopic (exact) mass is 255 g/mol. The molecule has 0 bridgehead atoms. The molecule has 1 rings (SSSR count). The molecule has 0 atom stereocenters. The Kier molecular flexibility index (Phi) is 3.41. The summed E-state index contributed by atoms with van der Waals surface area (Å²) >= 11 is -0.571. The number of hydrogen-bond donors (Lipinski definition) is 0. The second-order valence-corrected chi connectivity index (χ2v) is 3.96. The molecule has 8 heteroatoms. The Balaban J connectivity index is 3.25. The second-order valence-electron chi connectivity index (χ2n) is 2.85. The SMILES string of the molecule is Cc1c(SC(F)(F)F)cc(F)cc1[N+](=O)[O-]. The first-order valence-corrected chi connectivity index (χ1v) is 4.72. The number of nitro benzene ring substituents is 1. The van der Waals surface area contributed by atoms with Gasteiger partial charge in [-0.15, -0.1) is 0 Å². The van der Waals surface area contributed by atoms with Gasteiger partial charge in [-0.1, -0.05) is 0 Å². The van der Waals surface area contributed by atoms with Gasteiger partial charge in [0.1, 0.15) is 5.82 Å². The molecule has 0 saturated carbocycles. The van der Waals surface area contributed by atoms with Gasteiger partial charge in [0, 0.05) is 10.5 Å². The summed E-state index contributed by atoms with van der Waals surface area (Å²) in [6, 6.07) is 1.22. The molecule has 0 heterocycles. The van der Waals surface area contributed by atoms with Crippen molar-refractivity contribution in [3.63, 3.8) is 0 Å². The molecule has 0 fully saturated rings. The van der Waals surface area contributed by atoms with Crippen molar-refractivity contribution < 1.29 is 22.5 Å². The van der Waals surface area contributed by atoms with Gasteiger partial charge in [-0.25, -0.2) is 4.39 Å². The molecule has 0 aliphatic carbocycles. The number of benzene rings is 1. The molecule has 0 unspecified atom stereocenters. The van der Waals surface area contributed by atoms with E-state index in [0.717, 1.165) is 6.92 Å². The van der Waals surface area contributed by atoms with Gasteiger partial charge in [0.05, 0.1) is 11.0 Å². The minimum absolute atomic E-state index is 0.200. The van der Waals surface area contributed by atoms with E-state index in [1.54, 1.807) is 0 Å². The van der Waals surface area contributed by atoms with Crippen LogP contribution in [-0.4, -0.2) is 10.4 Å². The Bertz CT molecular complexity index is 433. The Labute approximate surface area is 91.6 Å². The van der Waals surface area contributed by atoms with Crippen molar-refractivity contribution in [3.05, 3.63) is 33.6 Å². The molecule has 0 radical (unpaired) electrons. The first kappa shape index (κ1) is 12.8. The van der Waals surface area contributed by atoms with Crippen LogP contribution in [0, 0.1) is 22.9 Å². The summed E-state index contributed by atoms with van der Waals surface area (Å²) in [6.07, 6.45) is 0. The van der Waals surface area contributed by atoms with Crippen LogP contribution in [0.4, 0.5) is 23.2 Å². The maximum atomic E-state index is 12.9. The number of nitro groups is 1. The molecular weight excluding hydrogens is 250 g/mol. The van der Waals surface area contributed by atoms with Gasteiger partial charge in [-0.2, -0.15) is 13.2 Å². The van der Waals surface area contributed by atoms with E-state index in [-0.39, 0.29) is 5.56 Å². The summed E-state index contributed by atoms with van der Waals surface area (Å²) < 4.78 is 49.0. The molecule has 0 amide bonds. The van der Waals surface area contributed by atoms with Crippen LogP contribution in [-0.2, 0) is 0 Å². The highest BCUT2D eigenvalue weighted by Gasteiger charge is 2.32. The van der Waals surface area contributed by atoms with E-state index >= 15 is 0 Å². The lowest BCUT2D eigenvalue weighted by atomic mass is 10.2. The summed E-state index contributed by atoms with van der Waals surface area (Å²) in [5.74, 6) is -1.07. The fourth-order valence-corrected chi connectivity index (χ4v) is 1.74. The summed E-state index contributed by atoms with van der Waals surface area (Å²) in [7, 11) is 0. The lowest BCUT2D eigenvalue weighted by Crippen LogP contribution is -2.02. The number of rotatable bonds is 2. The van der Waals surface area contributed by atoms with Crippen LogP contribution in [0.15, 0.2) is 17.0 Å². The third-order valence-corrected chi connectivity index (χ3v) is 2.60. The van der Waals surface area contributed by atoms with Crippen LogP contribution in [0.3, 0.4) is 0 Å². The minimum Gasteiger partial charge on any atom is -0.258 e. The summed E-state index contributed by atoms with van der Waals surface area (Å²) in [6.45, 7) is 1.14. The molecule has 1 aromatic carbocycles. The van der Waals surface area contributed by atoms with Crippen LogP contribution in [0.1, 0.15) is 5.56 Å². The van der Waals surface area contributed by atoms with Crippen molar-refractivity contribution >= 4 is 17.4 Å². The normalized spacial score (nSPS) is 11.6. The van der Waals surface area contributed by atoms with E-state index in [0.29, 0.717) is 12.1 Å². The van der Waals surface area contributed by atoms with Crippen LogP contribution in [0.5, 0.6) is 0 Å². The quantitative estimate of drug-likeness (QED) is 0.350. The molecule has 0 aromatic heterocycles. The Morgan fingerprint density at radius 2 is 1.94 bits per heavy atom. The van der Waals surface area contributed by atoms with E-state index in [1.165, 1.54) is 0 Å². The number of alkyl halides is 3. The number of halogens is 4. The third kappa shape index (κ3) is 3.09. The highest BCUT2D eigenvalue weighted by molar-refractivity contribution is 8.00. The molecule has 0 aliphatic rings. The average Bonchev–Trinajstić information content (AvgIpc) is 2.07. The van der Waals surface area contributed by atoms with Gasteiger partial charge in [0.2, 0.25) is 0 Å². The van der Waals surface area contributed by atoms with E-state index in [2.05, 4.69) is 0 Å². The van der Waals surface area contributed by atoms with Gasteiger partial charge in [0.15, 0.2) is 0 Å². The van der Waals surface area contributed by atoms with Crippen LogP contribution in [0.25, 0.3) is 0 Å². The topological polar surface area (TPSA) is 43.1 Å². The van der Waals surface area contributed by atoms with E-state index in [1.807, 2.05) is 0 Å². The zero-order valence-electron chi connectivity index (χ0n) is 7.84. The lowest BCUT2D eigenvalue weighted by molar-refractivity contribution is -0.385. The zero-order chi connectivity index (χ0) is 12.5. The predicted octanol–water partition coefficient (Wildman–Crippen LogP) is 3.65. The molecule has 0 spiro atoms. The fraction of sp³-hybridized carbons (Fsp3) is 0.250. The van der Waals surface area contributed by atoms with Crippen molar-refractivity contribution in [2.24, 2.45) is 0 Å². The summed E-state index contributed by atoms with van der Waals surface area (Å²) in [5, 5.41) is 10.4. The molecule has 16 heavy (non-hydrogen) atoms. The molecule has 88 valence electrons. The maximum absolute atomic E-state index is 12.9. The highest BCUT2D eigenvalue weighted by Crippen LogP contribution is 2.40. The van der Waals surface area contributed by atoms with Crippen LogP contribution >= 0.6 is 11.8 Å². The van der Waals surface area contributed by atoms with Gasteiger partial charge < -0.3 is 0 Å². The average molecular weight is 255 g/mol. The fourth-order valence-electron chi connectivity index (χ4n) is 1.06. The number of nitrogens with zero attached hydrogens (tertiary/aromatic N) is 1. The molecule has 0 saturated heterocycles. The van der Waals surface area contributed by atoms with E-state index in [4.69, 9.17) is 0 Å². The van der Waals surface area contributed by atoms with Crippen LogP contribution < -0.4 is 0 Å². The van der Waals surface area contributed by atoms with Gasteiger partial charge in [0.25, 0.3) is 5.69 Å². The standard InChI is InChI=1S/C8H5F4NO2S/c1-4-6(13(14)15)2-5(9)3-7(4)16-8(10,11)12/h2-3H,1H3. The van der Waals surface area contributed by atoms with Crippen molar-refractivity contribution in [2.75, 3.05) is 0 Å². The molecule has 1 aromatic rings. The Morgan fingerprint density at radius 3 is 2.38 bits per heavy atom. The minimum atomic E-state index is -4.60. The van der Waals surface area contributed by atoms with Gasteiger partial charge in [-0.3, -0.25) is 10.1 Å². The summed E-state index contributed by atoms with van der Waals surface area (Å²) in [4.78, 5) is 9.02. The van der Waals surface area contributed by atoms with Crippen LogP contribution in [0.2, 0.25) is 0 Å². The second kappa shape index (κ2) is 4.28. The van der Waals surface area contributed by atoms with Crippen molar-refractivity contribution in [1.29, 1.82) is 0 Å². The number of thioether (sulfide) groups is 1. The van der Waals surface area contributed by atoms with Crippen molar-refractivity contribution in [3.8, 4) is 0 Å². The molecule has 0 N–H and O–H groups in total.